The summed E-state index contributed by atoms with van der Waals surface area (Å²) in [4.78, 5) is 9.22. The number of nitrogens with one attached hydrogen (secondary N) is 1. The molecule has 0 bridgehead atoms. The van der Waals surface area contributed by atoms with Crippen LogP contribution in [0.1, 0.15) is 78.1 Å². The zero-order valence-electron chi connectivity index (χ0n) is 11.8. The van der Waals surface area contributed by atoms with Gasteiger partial charge in [-0.2, -0.15) is 0 Å². The van der Waals surface area contributed by atoms with Crippen LogP contribution in [0, 0.1) is 0 Å². The first-order chi connectivity index (χ1) is 8.33. The Hall–Kier alpha value is -0.790. The summed E-state index contributed by atoms with van der Waals surface area (Å²) in [7, 11) is 0. The maximum absolute atomic E-state index is 9.22. The number of rotatable bonds is 11. The molecule has 0 spiro atoms. The van der Waals surface area contributed by atoms with Crippen molar-refractivity contribution in [2.24, 2.45) is 0 Å². The van der Waals surface area contributed by atoms with E-state index in [-0.39, 0.29) is 0 Å². The number of carbonyl (C=O) groups is 1. The molecule has 0 saturated carbocycles. The number of amides is 1. The quantitative estimate of drug-likeness (QED) is 0.408. The number of carbonyl (C=O) groups excluding carboxylic acids is 1. The van der Waals surface area contributed by atoms with Crippen molar-refractivity contribution in [2.75, 3.05) is 0 Å². The summed E-state index contributed by atoms with van der Waals surface area (Å²) in [5.41, 5.74) is 0. The number of hydrogen-bond acceptors (Lipinski definition) is 1. The second-order valence-corrected chi connectivity index (χ2v) is 4.32. The van der Waals surface area contributed by atoms with E-state index < -0.39 is 0 Å². The van der Waals surface area contributed by atoms with Gasteiger partial charge in [0.2, 0.25) is 6.41 Å². The highest BCUT2D eigenvalue weighted by Crippen LogP contribution is 2.09. The molecule has 17 heavy (non-hydrogen) atoms. The Bertz CT molecular complexity index is 130. The van der Waals surface area contributed by atoms with E-state index in [4.69, 9.17) is 0 Å². The first kappa shape index (κ1) is 18.6. The zero-order chi connectivity index (χ0) is 13.2. The van der Waals surface area contributed by atoms with Crippen LogP contribution in [0.5, 0.6) is 0 Å². The van der Waals surface area contributed by atoms with E-state index in [9.17, 15) is 4.79 Å². The first-order valence-electron chi connectivity index (χ1n) is 7.14. The molecule has 0 fully saturated rings. The van der Waals surface area contributed by atoms with E-state index in [0.29, 0.717) is 6.41 Å². The van der Waals surface area contributed by atoms with Crippen LogP contribution in [0.25, 0.3) is 0 Å². The minimum atomic E-state index is 0.562. The molecule has 0 atom stereocenters. The molecule has 0 aromatic heterocycles. The summed E-state index contributed by atoms with van der Waals surface area (Å²) >= 11 is 0. The van der Waals surface area contributed by atoms with E-state index in [1.54, 1.807) is 0 Å². The van der Waals surface area contributed by atoms with Crippen molar-refractivity contribution in [2.45, 2.75) is 78.1 Å². The molecule has 0 radical (unpaired) electrons. The van der Waals surface area contributed by atoms with E-state index in [0.717, 1.165) is 0 Å². The molecule has 0 aliphatic heterocycles. The average Bonchev–Trinajstić information content (AvgIpc) is 2.34. The lowest BCUT2D eigenvalue weighted by Crippen LogP contribution is -1.96. The standard InChI is InChI=1S/C12H26.C3H5NO/c1-3-5-7-9-11-12-10-8-6-4-2;1-2-4-3-5/h3-12H2,1-2H3;2-3H,1H2,(H,4,5). The molecule has 2 nitrogen and oxygen atoms in total. The average molecular weight is 241 g/mol. The van der Waals surface area contributed by atoms with Gasteiger partial charge in [-0.05, 0) is 6.20 Å². The molecule has 102 valence electrons. The van der Waals surface area contributed by atoms with Crippen molar-refractivity contribution in [3.63, 3.8) is 0 Å². The van der Waals surface area contributed by atoms with Crippen LogP contribution in [-0.2, 0) is 4.79 Å². The number of unbranched alkanes of at least 4 members (excludes halogenated alkanes) is 9. The maximum atomic E-state index is 9.22. The SMILES string of the molecule is C=CNC=O.CCCCCCCCCCCC. The topological polar surface area (TPSA) is 29.1 Å². The van der Waals surface area contributed by atoms with Gasteiger partial charge >= 0.3 is 0 Å². The predicted octanol–water partition coefficient (Wildman–Crippen LogP) is 4.80. The Kier molecular flexibility index (Phi) is 22.5. The largest absolute Gasteiger partial charge is 0.336 e. The van der Waals surface area contributed by atoms with E-state index in [2.05, 4.69) is 25.7 Å². The van der Waals surface area contributed by atoms with Crippen molar-refractivity contribution >= 4 is 6.41 Å². The van der Waals surface area contributed by atoms with Crippen molar-refractivity contribution in [1.29, 1.82) is 0 Å². The van der Waals surface area contributed by atoms with Crippen molar-refractivity contribution in [3.05, 3.63) is 12.8 Å². The summed E-state index contributed by atoms with van der Waals surface area (Å²) in [5.74, 6) is 0. The summed E-state index contributed by atoms with van der Waals surface area (Å²) < 4.78 is 0. The molecule has 1 amide bonds. The summed E-state index contributed by atoms with van der Waals surface area (Å²) in [6, 6.07) is 0. The fourth-order valence-corrected chi connectivity index (χ4v) is 1.61. The van der Waals surface area contributed by atoms with Gasteiger partial charge in [0, 0.05) is 0 Å². The first-order valence-corrected chi connectivity index (χ1v) is 7.14. The Morgan fingerprint density at radius 2 is 1.18 bits per heavy atom. The van der Waals surface area contributed by atoms with Gasteiger partial charge in [-0.1, -0.05) is 84.6 Å². The lowest BCUT2D eigenvalue weighted by molar-refractivity contribution is -0.108. The predicted molar refractivity (Wildman–Crippen MR) is 76.9 cm³/mol. The van der Waals surface area contributed by atoms with E-state index in [1.807, 2.05) is 0 Å². The van der Waals surface area contributed by atoms with Crippen molar-refractivity contribution < 1.29 is 4.79 Å². The van der Waals surface area contributed by atoms with Crippen LogP contribution in [-0.4, -0.2) is 6.41 Å². The van der Waals surface area contributed by atoms with Gasteiger partial charge in [-0.3, -0.25) is 4.79 Å². The smallest absolute Gasteiger partial charge is 0.211 e. The van der Waals surface area contributed by atoms with Crippen LogP contribution >= 0.6 is 0 Å². The highest BCUT2D eigenvalue weighted by atomic mass is 16.1. The van der Waals surface area contributed by atoms with E-state index in [1.165, 1.54) is 70.4 Å². The fraction of sp³-hybridized carbons (Fsp3) is 0.800. The highest BCUT2D eigenvalue weighted by Gasteiger charge is 1.90. The molecule has 0 heterocycles. The second kappa shape index (κ2) is 20.6. The minimum absolute atomic E-state index is 0.562. The molecular formula is C15H31NO. The van der Waals surface area contributed by atoms with Crippen LogP contribution in [0.2, 0.25) is 0 Å². The van der Waals surface area contributed by atoms with Crippen LogP contribution in [0.4, 0.5) is 0 Å². The van der Waals surface area contributed by atoms with Crippen molar-refractivity contribution in [3.8, 4) is 0 Å². The third-order valence-corrected chi connectivity index (χ3v) is 2.64. The van der Waals surface area contributed by atoms with Crippen LogP contribution in [0.15, 0.2) is 12.8 Å². The molecule has 0 aromatic carbocycles. The summed E-state index contributed by atoms with van der Waals surface area (Å²) in [6.45, 7) is 7.77. The Morgan fingerprint density at radius 3 is 1.35 bits per heavy atom. The second-order valence-electron chi connectivity index (χ2n) is 4.32. The maximum Gasteiger partial charge on any atom is 0.211 e. The molecule has 1 N–H and O–H groups in total. The van der Waals surface area contributed by atoms with Gasteiger partial charge in [0.1, 0.15) is 0 Å². The molecule has 2 heteroatoms. The van der Waals surface area contributed by atoms with Crippen LogP contribution < -0.4 is 5.32 Å². The lowest BCUT2D eigenvalue weighted by Gasteiger charge is -1.99. The molecule has 0 saturated heterocycles. The van der Waals surface area contributed by atoms with E-state index >= 15 is 0 Å². The molecule has 0 unspecified atom stereocenters. The van der Waals surface area contributed by atoms with Gasteiger partial charge in [0.15, 0.2) is 0 Å². The van der Waals surface area contributed by atoms with Gasteiger partial charge in [0.25, 0.3) is 0 Å². The lowest BCUT2D eigenvalue weighted by atomic mass is 10.1. The molecule has 0 aromatic rings. The third kappa shape index (κ3) is 25.5. The number of hydrogen-bond donors (Lipinski definition) is 1. The highest BCUT2D eigenvalue weighted by molar-refractivity contribution is 5.47. The minimum Gasteiger partial charge on any atom is -0.336 e. The zero-order valence-corrected chi connectivity index (χ0v) is 11.8. The Balaban J connectivity index is 0. The molecule has 0 aliphatic carbocycles. The normalized spacial score (nSPS) is 9.06. The fourth-order valence-electron chi connectivity index (χ4n) is 1.61. The molecule has 0 aliphatic rings. The molecular weight excluding hydrogens is 210 g/mol. The van der Waals surface area contributed by atoms with Crippen molar-refractivity contribution in [1.82, 2.24) is 5.32 Å². The van der Waals surface area contributed by atoms with Gasteiger partial charge < -0.3 is 5.32 Å². The van der Waals surface area contributed by atoms with Gasteiger partial charge in [-0.15, -0.1) is 0 Å². The molecule has 0 rings (SSSR count). The summed E-state index contributed by atoms with van der Waals surface area (Å²) in [6.07, 6.45) is 16.3. The summed E-state index contributed by atoms with van der Waals surface area (Å²) in [5, 5.41) is 2.19. The Morgan fingerprint density at radius 1 is 0.824 bits per heavy atom. The van der Waals surface area contributed by atoms with Gasteiger partial charge in [0.05, 0.1) is 0 Å². The monoisotopic (exact) mass is 241 g/mol. The Labute approximate surface area is 108 Å². The third-order valence-electron chi connectivity index (χ3n) is 2.64. The van der Waals surface area contributed by atoms with Gasteiger partial charge in [-0.25, -0.2) is 0 Å². The van der Waals surface area contributed by atoms with Crippen LogP contribution in [0.3, 0.4) is 0 Å².